The maximum atomic E-state index is 10.1. The molecule has 4 nitrogen and oxygen atoms in total. The molecule has 0 aliphatic carbocycles. The second-order valence-electron chi connectivity index (χ2n) is 3.04. The van der Waals surface area contributed by atoms with E-state index in [1.807, 2.05) is 32.0 Å². The standard InChI is InChI=1S/C12H15NO3/c1-3-15-11-6-5-10(8-13-9-14)12(7-11)16-4-2/h5-7H,3-4,8H2,1-2H3. The second kappa shape index (κ2) is 6.64. The molecule has 4 heteroatoms. The number of ether oxygens (including phenoxy) is 2. The van der Waals surface area contributed by atoms with Crippen LogP contribution in [0.4, 0.5) is 0 Å². The molecule has 0 N–H and O–H groups in total. The van der Waals surface area contributed by atoms with Gasteiger partial charge in [0, 0.05) is 11.6 Å². The van der Waals surface area contributed by atoms with Crippen LogP contribution in [0, 0.1) is 0 Å². The molecular weight excluding hydrogens is 206 g/mol. The molecule has 0 radical (unpaired) electrons. The number of benzene rings is 1. The topological polar surface area (TPSA) is 47.9 Å². The summed E-state index contributed by atoms with van der Waals surface area (Å²) in [6.07, 6.45) is 1.51. The van der Waals surface area contributed by atoms with E-state index in [1.165, 1.54) is 6.08 Å². The molecule has 0 saturated heterocycles. The fourth-order valence-electron chi connectivity index (χ4n) is 1.33. The minimum Gasteiger partial charge on any atom is -0.494 e. The van der Waals surface area contributed by atoms with Crippen LogP contribution in [0.3, 0.4) is 0 Å². The highest BCUT2D eigenvalue weighted by Crippen LogP contribution is 2.25. The molecule has 86 valence electrons. The van der Waals surface area contributed by atoms with Crippen LogP contribution in [0.2, 0.25) is 0 Å². The molecule has 0 unspecified atom stereocenters. The van der Waals surface area contributed by atoms with Crippen LogP contribution < -0.4 is 9.47 Å². The van der Waals surface area contributed by atoms with E-state index in [9.17, 15) is 4.79 Å². The van der Waals surface area contributed by atoms with Gasteiger partial charge < -0.3 is 9.47 Å². The molecule has 1 rings (SSSR count). The van der Waals surface area contributed by atoms with Crippen LogP contribution >= 0.6 is 0 Å². The van der Waals surface area contributed by atoms with Crippen LogP contribution in [-0.2, 0) is 11.3 Å². The zero-order valence-corrected chi connectivity index (χ0v) is 9.53. The first-order valence-electron chi connectivity index (χ1n) is 5.24. The van der Waals surface area contributed by atoms with Crippen LogP contribution in [0.1, 0.15) is 19.4 Å². The van der Waals surface area contributed by atoms with Crippen molar-refractivity contribution in [1.29, 1.82) is 0 Å². The first-order chi connectivity index (χ1) is 7.81. The molecule has 0 amide bonds. The number of rotatable bonds is 6. The Labute approximate surface area is 94.9 Å². The Hall–Kier alpha value is -1.80. The van der Waals surface area contributed by atoms with E-state index in [2.05, 4.69) is 4.99 Å². The van der Waals surface area contributed by atoms with Crippen molar-refractivity contribution in [3.63, 3.8) is 0 Å². The summed E-state index contributed by atoms with van der Waals surface area (Å²) < 4.78 is 10.8. The monoisotopic (exact) mass is 221 g/mol. The summed E-state index contributed by atoms with van der Waals surface area (Å²) in [5, 5.41) is 0. The summed E-state index contributed by atoms with van der Waals surface area (Å²) in [7, 11) is 0. The lowest BCUT2D eigenvalue weighted by Gasteiger charge is -2.10. The first-order valence-corrected chi connectivity index (χ1v) is 5.24. The number of nitrogens with zero attached hydrogens (tertiary/aromatic N) is 1. The van der Waals surface area contributed by atoms with Gasteiger partial charge >= 0.3 is 0 Å². The van der Waals surface area contributed by atoms with E-state index in [0.29, 0.717) is 19.0 Å². The van der Waals surface area contributed by atoms with Gasteiger partial charge in [0.15, 0.2) is 0 Å². The summed E-state index contributed by atoms with van der Waals surface area (Å²) >= 11 is 0. The van der Waals surface area contributed by atoms with Crippen molar-refractivity contribution in [1.82, 2.24) is 0 Å². The molecule has 0 aliphatic heterocycles. The van der Waals surface area contributed by atoms with E-state index in [1.54, 1.807) is 0 Å². The molecule has 1 aromatic carbocycles. The summed E-state index contributed by atoms with van der Waals surface area (Å²) in [4.78, 5) is 13.6. The van der Waals surface area contributed by atoms with E-state index >= 15 is 0 Å². The molecule has 0 spiro atoms. The van der Waals surface area contributed by atoms with Crippen LogP contribution in [-0.4, -0.2) is 19.3 Å². The van der Waals surface area contributed by atoms with Gasteiger partial charge in [-0.25, -0.2) is 9.79 Å². The van der Waals surface area contributed by atoms with Gasteiger partial charge in [0.05, 0.1) is 19.8 Å². The van der Waals surface area contributed by atoms with Crippen LogP contribution in [0.25, 0.3) is 0 Å². The van der Waals surface area contributed by atoms with Crippen molar-refractivity contribution in [2.45, 2.75) is 20.4 Å². The minimum atomic E-state index is 0.283. The third kappa shape index (κ3) is 3.41. The summed E-state index contributed by atoms with van der Waals surface area (Å²) in [5.41, 5.74) is 0.855. The van der Waals surface area contributed by atoms with Gasteiger partial charge in [-0.1, -0.05) is 0 Å². The highest BCUT2D eigenvalue weighted by atomic mass is 16.5. The van der Waals surface area contributed by atoms with Gasteiger partial charge in [-0.15, -0.1) is 0 Å². The van der Waals surface area contributed by atoms with Crippen molar-refractivity contribution in [2.75, 3.05) is 13.2 Å². The second-order valence-corrected chi connectivity index (χ2v) is 3.04. The highest BCUT2D eigenvalue weighted by molar-refractivity contribution is 5.42. The van der Waals surface area contributed by atoms with E-state index in [4.69, 9.17) is 9.47 Å². The Morgan fingerprint density at radius 1 is 1.25 bits per heavy atom. The average Bonchev–Trinajstić information content (AvgIpc) is 2.29. The first kappa shape index (κ1) is 12.3. The molecule has 16 heavy (non-hydrogen) atoms. The SMILES string of the molecule is CCOc1ccc(CN=C=O)c(OCC)c1. The third-order valence-electron chi connectivity index (χ3n) is 1.96. The fraction of sp³-hybridized carbons (Fsp3) is 0.417. The van der Waals surface area contributed by atoms with Gasteiger partial charge in [0.25, 0.3) is 0 Å². The molecule has 0 aliphatic rings. The maximum absolute atomic E-state index is 10.1. The molecule has 0 saturated carbocycles. The maximum Gasteiger partial charge on any atom is 0.235 e. The lowest BCUT2D eigenvalue weighted by molar-refractivity contribution is 0.321. The molecule has 1 aromatic rings. The van der Waals surface area contributed by atoms with E-state index in [-0.39, 0.29) is 6.54 Å². The average molecular weight is 221 g/mol. The van der Waals surface area contributed by atoms with Crippen LogP contribution in [0.5, 0.6) is 11.5 Å². The number of carbonyl (C=O) groups excluding carboxylic acids is 1. The summed E-state index contributed by atoms with van der Waals surface area (Å²) in [5.74, 6) is 1.46. The molecule has 0 aromatic heterocycles. The lowest BCUT2D eigenvalue weighted by atomic mass is 10.2. The Bertz CT molecular complexity index is 384. The Morgan fingerprint density at radius 3 is 2.62 bits per heavy atom. The predicted octanol–water partition coefficient (Wildman–Crippen LogP) is 2.32. The molecule has 0 atom stereocenters. The molecule has 0 fully saturated rings. The Kier molecular flexibility index (Phi) is 5.09. The number of isocyanates is 1. The van der Waals surface area contributed by atoms with Crippen LogP contribution in [0.15, 0.2) is 23.2 Å². The van der Waals surface area contributed by atoms with Crippen molar-refractivity contribution in [2.24, 2.45) is 4.99 Å². The van der Waals surface area contributed by atoms with Gasteiger partial charge in [0.1, 0.15) is 11.5 Å². The Balaban J connectivity index is 2.93. The zero-order valence-electron chi connectivity index (χ0n) is 9.53. The predicted molar refractivity (Wildman–Crippen MR) is 60.6 cm³/mol. The lowest BCUT2D eigenvalue weighted by Crippen LogP contribution is -1.98. The van der Waals surface area contributed by atoms with Crippen molar-refractivity contribution < 1.29 is 14.3 Å². The number of hydrogen-bond acceptors (Lipinski definition) is 4. The quantitative estimate of drug-likeness (QED) is 0.547. The van der Waals surface area contributed by atoms with Gasteiger partial charge in [-0.3, -0.25) is 0 Å². The molecule has 0 heterocycles. The highest BCUT2D eigenvalue weighted by Gasteiger charge is 2.05. The van der Waals surface area contributed by atoms with Gasteiger partial charge in [-0.2, -0.15) is 0 Å². The fourth-order valence-corrected chi connectivity index (χ4v) is 1.33. The van der Waals surface area contributed by atoms with Crippen molar-refractivity contribution in [3.8, 4) is 11.5 Å². The number of aliphatic imine (C=N–C) groups is 1. The third-order valence-corrected chi connectivity index (χ3v) is 1.96. The summed E-state index contributed by atoms with van der Waals surface area (Å²) in [6, 6.07) is 5.49. The van der Waals surface area contributed by atoms with E-state index < -0.39 is 0 Å². The minimum absolute atomic E-state index is 0.283. The molecular formula is C12H15NO3. The molecule has 0 bridgehead atoms. The normalized spacial score (nSPS) is 9.38. The number of hydrogen-bond donors (Lipinski definition) is 0. The Morgan fingerprint density at radius 2 is 2.00 bits per heavy atom. The van der Waals surface area contributed by atoms with Crippen molar-refractivity contribution in [3.05, 3.63) is 23.8 Å². The smallest absolute Gasteiger partial charge is 0.235 e. The largest absolute Gasteiger partial charge is 0.494 e. The zero-order chi connectivity index (χ0) is 11.8. The summed E-state index contributed by atoms with van der Waals surface area (Å²) in [6.45, 7) is 5.28. The van der Waals surface area contributed by atoms with Gasteiger partial charge in [-0.05, 0) is 26.0 Å². The van der Waals surface area contributed by atoms with Gasteiger partial charge in [0.2, 0.25) is 6.08 Å². The van der Waals surface area contributed by atoms with E-state index in [0.717, 1.165) is 11.3 Å². The van der Waals surface area contributed by atoms with Crippen molar-refractivity contribution >= 4 is 6.08 Å².